The van der Waals surface area contributed by atoms with Crippen molar-refractivity contribution >= 4 is 48.9 Å². The molecular formula is CH10BaN4O. The predicted molar refractivity (Wildman–Crippen MR) is 30.3 cm³/mol. The molecule has 0 saturated heterocycles. The van der Waals surface area contributed by atoms with Crippen molar-refractivity contribution in [2.24, 2.45) is 17.4 Å². The third-order valence-corrected chi connectivity index (χ3v) is 0. The topological polar surface area (TPSA) is 133 Å². The van der Waals surface area contributed by atoms with Crippen LogP contribution in [0.2, 0.25) is 0 Å². The number of hydrazine groups is 1. The molecule has 0 aromatic carbocycles. The van der Waals surface area contributed by atoms with Gasteiger partial charge in [-0.1, -0.05) is 0 Å². The van der Waals surface area contributed by atoms with Crippen molar-refractivity contribution in [2.75, 3.05) is 0 Å². The number of rotatable bonds is 0. The van der Waals surface area contributed by atoms with Gasteiger partial charge in [0.2, 0.25) is 0 Å². The summed E-state index contributed by atoms with van der Waals surface area (Å²) in [5.74, 6) is 8.00. The fraction of sp³-hybridized carbons (Fsp3) is 0. The fourth-order valence-electron chi connectivity index (χ4n) is 0. The Kier molecular flexibility index (Phi) is 263. The zero-order valence-electron chi connectivity index (χ0n) is 3.18. The van der Waals surface area contributed by atoms with E-state index in [4.69, 9.17) is 5.26 Å². The summed E-state index contributed by atoms with van der Waals surface area (Å²) in [4.78, 5) is 0. The van der Waals surface area contributed by atoms with E-state index in [-0.39, 0.29) is 54.4 Å². The second-order valence-electron chi connectivity index (χ2n) is 0.129. The zero-order chi connectivity index (χ0) is 4.71. The Morgan fingerprint density at radius 1 is 1.29 bits per heavy atom. The van der Waals surface area contributed by atoms with E-state index in [1.807, 2.05) is 0 Å². The number of hydrogen-bond donors (Lipinski definition) is 3. The fourth-order valence-corrected chi connectivity index (χ4v) is 0. The quantitative estimate of drug-likeness (QED) is 0.131. The SMILES string of the molecule is N#CN.NN.O.[BaH2]. The first-order valence-electron chi connectivity index (χ1n) is 0.846. The molecule has 0 bridgehead atoms. The van der Waals surface area contributed by atoms with Gasteiger partial charge in [0.15, 0.2) is 6.19 Å². The van der Waals surface area contributed by atoms with Crippen LogP contribution < -0.4 is 17.4 Å². The van der Waals surface area contributed by atoms with Crippen LogP contribution in [0.1, 0.15) is 0 Å². The number of nitrogens with zero attached hydrogens (tertiary/aromatic N) is 1. The molecule has 0 saturated carbocycles. The maximum absolute atomic E-state index is 7.10. The molecule has 0 aliphatic heterocycles. The van der Waals surface area contributed by atoms with E-state index < -0.39 is 0 Å². The summed E-state index contributed by atoms with van der Waals surface area (Å²) < 4.78 is 0. The molecule has 0 aliphatic carbocycles. The van der Waals surface area contributed by atoms with E-state index in [9.17, 15) is 0 Å². The van der Waals surface area contributed by atoms with Crippen molar-refractivity contribution in [3.8, 4) is 6.19 Å². The minimum absolute atomic E-state index is 0. The van der Waals surface area contributed by atoms with Crippen molar-refractivity contribution in [1.82, 2.24) is 0 Å². The Bertz CT molecular complexity index is 33.2. The molecule has 0 fully saturated rings. The van der Waals surface area contributed by atoms with E-state index >= 15 is 0 Å². The second-order valence-corrected chi connectivity index (χ2v) is 0.129. The summed E-state index contributed by atoms with van der Waals surface area (Å²) in [6.07, 6.45) is 1.25. The molecule has 0 spiro atoms. The molecule has 0 heterocycles. The summed E-state index contributed by atoms with van der Waals surface area (Å²) >= 11 is 0. The van der Waals surface area contributed by atoms with Crippen molar-refractivity contribution < 1.29 is 5.48 Å². The monoisotopic (exact) mass is 232 g/mol. The number of hydrogen-bond acceptors (Lipinski definition) is 4. The molecule has 0 aromatic rings. The summed E-state index contributed by atoms with van der Waals surface area (Å²) in [5, 5.41) is 7.10. The van der Waals surface area contributed by atoms with E-state index in [0.29, 0.717) is 0 Å². The van der Waals surface area contributed by atoms with Gasteiger partial charge < -0.3 is 11.2 Å². The van der Waals surface area contributed by atoms with Crippen LogP contribution in [0.4, 0.5) is 0 Å². The van der Waals surface area contributed by atoms with E-state index in [2.05, 4.69) is 17.4 Å². The van der Waals surface area contributed by atoms with Gasteiger partial charge in [0.1, 0.15) is 0 Å². The summed E-state index contributed by atoms with van der Waals surface area (Å²) in [7, 11) is 0. The summed E-state index contributed by atoms with van der Waals surface area (Å²) in [6, 6.07) is 0. The first-order chi connectivity index (χ1) is 2.41. The van der Waals surface area contributed by atoms with Gasteiger partial charge in [0, 0.05) is 0 Å². The molecule has 6 heteroatoms. The van der Waals surface area contributed by atoms with Crippen molar-refractivity contribution in [1.29, 1.82) is 5.26 Å². The maximum atomic E-state index is 7.10. The molecule has 0 amide bonds. The van der Waals surface area contributed by atoms with Gasteiger partial charge in [-0.2, -0.15) is 5.26 Å². The third-order valence-electron chi connectivity index (χ3n) is 0. The van der Waals surface area contributed by atoms with Crippen LogP contribution in [0.3, 0.4) is 0 Å². The van der Waals surface area contributed by atoms with Gasteiger partial charge in [0.25, 0.3) is 0 Å². The molecule has 7 heavy (non-hydrogen) atoms. The molecule has 0 aromatic heterocycles. The van der Waals surface area contributed by atoms with Gasteiger partial charge in [-0.15, -0.1) is 0 Å². The van der Waals surface area contributed by atoms with Crippen LogP contribution in [-0.4, -0.2) is 54.4 Å². The summed E-state index contributed by atoms with van der Waals surface area (Å²) in [5.41, 5.74) is 4.15. The van der Waals surface area contributed by atoms with E-state index in [1.165, 1.54) is 6.19 Å². The van der Waals surface area contributed by atoms with Gasteiger partial charge in [0.05, 0.1) is 0 Å². The molecular weight excluding hydrogens is 221 g/mol. The second kappa shape index (κ2) is 73.3. The van der Waals surface area contributed by atoms with Crippen LogP contribution in [-0.2, 0) is 0 Å². The van der Waals surface area contributed by atoms with Gasteiger partial charge in [-0.25, -0.2) is 0 Å². The van der Waals surface area contributed by atoms with Crippen molar-refractivity contribution in [2.45, 2.75) is 0 Å². The van der Waals surface area contributed by atoms with Crippen LogP contribution in [0.15, 0.2) is 0 Å². The van der Waals surface area contributed by atoms with Crippen LogP contribution >= 0.6 is 0 Å². The Hall–Kier alpha value is 0.741. The van der Waals surface area contributed by atoms with Gasteiger partial charge in [-0.3, -0.25) is 11.7 Å². The average molecular weight is 231 g/mol. The Morgan fingerprint density at radius 2 is 1.29 bits per heavy atom. The van der Waals surface area contributed by atoms with E-state index in [0.717, 1.165) is 0 Å². The van der Waals surface area contributed by atoms with Crippen LogP contribution in [0.5, 0.6) is 0 Å². The number of nitrogens with two attached hydrogens (primary N) is 3. The van der Waals surface area contributed by atoms with Gasteiger partial charge >= 0.3 is 48.9 Å². The molecule has 0 radical (unpaired) electrons. The molecule has 8 N–H and O–H groups in total. The first kappa shape index (κ1) is 25.1. The summed E-state index contributed by atoms with van der Waals surface area (Å²) in [6.45, 7) is 0. The van der Waals surface area contributed by atoms with Crippen molar-refractivity contribution in [3.63, 3.8) is 0 Å². The Balaban J connectivity index is -0.0000000105. The number of nitriles is 1. The van der Waals surface area contributed by atoms with E-state index in [1.54, 1.807) is 0 Å². The first-order valence-corrected chi connectivity index (χ1v) is 0.846. The predicted octanol–water partition coefficient (Wildman–Crippen LogP) is -3.50. The van der Waals surface area contributed by atoms with Crippen molar-refractivity contribution in [3.05, 3.63) is 0 Å². The molecule has 42 valence electrons. The normalized spacial score (nSPS) is 1.86. The average Bonchev–Trinajstić information content (AvgIpc) is 1.46. The molecule has 0 rings (SSSR count). The van der Waals surface area contributed by atoms with Crippen LogP contribution in [0.25, 0.3) is 0 Å². The minimum atomic E-state index is 0. The molecule has 0 unspecified atom stereocenters. The zero-order valence-corrected chi connectivity index (χ0v) is 3.18. The molecule has 0 atom stereocenters. The van der Waals surface area contributed by atoms with Gasteiger partial charge in [-0.05, 0) is 0 Å². The molecule has 5 nitrogen and oxygen atoms in total. The Labute approximate surface area is 82.2 Å². The third kappa shape index (κ3) is 276. The Morgan fingerprint density at radius 3 is 1.29 bits per heavy atom. The standard InChI is InChI=1S/CH2N2.Ba.H4N2.H2O.2H/c2-1-3;;1-2;;;/h2H2;;1-2H2;1H2;;. The van der Waals surface area contributed by atoms with Crippen LogP contribution in [0, 0.1) is 11.5 Å². The molecule has 0 aliphatic rings.